The summed E-state index contributed by atoms with van der Waals surface area (Å²) in [5.74, 6) is 0.757. The zero-order chi connectivity index (χ0) is 17.1. The van der Waals surface area contributed by atoms with E-state index in [1.54, 1.807) is 0 Å². The van der Waals surface area contributed by atoms with Gasteiger partial charge in [0.25, 0.3) is 0 Å². The van der Waals surface area contributed by atoms with E-state index in [0.717, 1.165) is 22.4 Å². The van der Waals surface area contributed by atoms with E-state index in [4.69, 9.17) is 0 Å². The van der Waals surface area contributed by atoms with Gasteiger partial charge >= 0.3 is 0 Å². The van der Waals surface area contributed by atoms with Crippen molar-refractivity contribution in [2.75, 3.05) is 5.32 Å². The van der Waals surface area contributed by atoms with Gasteiger partial charge in [0.1, 0.15) is 12.1 Å². The molecule has 0 amide bonds. The number of para-hydroxylation sites is 1. The van der Waals surface area contributed by atoms with E-state index in [9.17, 15) is 4.79 Å². The molecule has 0 fully saturated rings. The van der Waals surface area contributed by atoms with Crippen LogP contribution in [0.2, 0.25) is 0 Å². The van der Waals surface area contributed by atoms with Crippen LogP contribution in [0.4, 0.5) is 11.5 Å². The third-order valence-corrected chi connectivity index (χ3v) is 3.99. The molecule has 0 spiro atoms. The lowest BCUT2D eigenvalue weighted by Gasteiger charge is -2.09. The fourth-order valence-electron chi connectivity index (χ4n) is 2.70. The number of ketones is 1. The van der Waals surface area contributed by atoms with Crippen LogP contribution in [0.25, 0.3) is 10.9 Å². The number of nitrogens with one attached hydrogen (secondary N) is 1. The molecule has 4 aromatic rings. The van der Waals surface area contributed by atoms with Crippen molar-refractivity contribution in [1.82, 2.24) is 9.97 Å². The molecule has 4 nitrogen and oxygen atoms in total. The monoisotopic (exact) mass is 361 g/mol. The second kappa shape index (κ2) is 7.76. The first-order chi connectivity index (χ1) is 12.3. The van der Waals surface area contributed by atoms with Crippen LogP contribution in [0.15, 0.2) is 85.2 Å². The molecule has 0 unspecified atom stereocenters. The van der Waals surface area contributed by atoms with Gasteiger partial charge in [0.05, 0.1) is 5.52 Å². The van der Waals surface area contributed by atoms with Crippen molar-refractivity contribution in [2.24, 2.45) is 0 Å². The largest absolute Gasteiger partial charge is 0.340 e. The molecule has 26 heavy (non-hydrogen) atoms. The van der Waals surface area contributed by atoms with Crippen LogP contribution in [-0.4, -0.2) is 15.8 Å². The Hall–Kier alpha value is -3.24. The second-order valence-corrected chi connectivity index (χ2v) is 5.64. The molecule has 1 N–H and O–H groups in total. The number of rotatable bonds is 4. The molecule has 128 valence electrons. The molecular weight excluding hydrogens is 346 g/mol. The van der Waals surface area contributed by atoms with Crippen molar-refractivity contribution in [3.05, 3.63) is 96.3 Å². The SMILES string of the molecule is Cl.O=C(c1ccccc1)c1ccc(Nc2ncnc3ccccc23)cc1. The summed E-state index contributed by atoms with van der Waals surface area (Å²) in [4.78, 5) is 21.0. The highest BCUT2D eigenvalue weighted by atomic mass is 35.5. The molecule has 5 heteroatoms. The van der Waals surface area contributed by atoms with Crippen molar-refractivity contribution in [1.29, 1.82) is 0 Å². The minimum atomic E-state index is 0. The predicted molar refractivity (Wildman–Crippen MR) is 106 cm³/mol. The smallest absolute Gasteiger partial charge is 0.193 e. The van der Waals surface area contributed by atoms with Crippen LogP contribution in [0.1, 0.15) is 15.9 Å². The maximum absolute atomic E-state index is 12.4. The van der Waals surface area contributed by atoms with Gasteiger partial charge in [0.15, 0.2) is 5.78 Å². The highest BCUT2D eigenvalue weighted by Gasteiger charge is 2.09. The Morgan fingerprint density at radius 1 is 0.731 bits per heavy atom. The number of anilines is 2. The minimum Gasteiger partial charge on any atom is -0.340 e. The molecular formula is C21H16ClN3O. The Kier molecular flexibility index (Phi) is 5.25. The lowest BCUT2D eigenvalue weighted by Crippen LogP contribution is -2.01. The molecule has 3 aromatic carbocycles. The molecule has 1 heterocycles. The summed E-state index contributed by atoms with van der Waals surface area (Å²) in [6.07, 6.45) is 1.54. The van der Waals surface area contributed by atoms with Gasteiger partial charge in [0, 0.05) is 22.2 Å². The first-order valence-corrected chi connectivity index (χ1v) is 7.98. The third-order valence-electron chi connectivity index (χ3n) is 3.99. The molecule has 0 saturated heterocycles. The number of fused-ring (bicyclic) bond motifs is 1. The van der Waals surface area contributed by atoms with E-state index < -0.39 is 0 Å². The summed E-state index contributed by atoms with van der Waals surface area (Å²) in [5, 5.41) is 4.24. The van der Waals surface area contributed by atoms with E-state index in [1.807, 2.05) is 78.9 Å². The summed E-state index contributed by atoms with van der Waals surface area (Å²) in [6, 6.07) is 24.5. The Balaban J connectivity index is 0.00000196. The average Bonchev–Trinajstić information content (AvgIpc) is 2.69. The van der Waals surface area contributed by atoms with Gasteiger partial charge < -0.3 is 5.32 Å². The maximum atomic E-state index is 12.4. The van der Waals surface area contributed by atoms with Crippen molar-refractivity contribution in [3.8, 4) is 0 Å². The first-order valence-electron chi connectivity index (χ1n) is 7.98. The highest BCUT2D eigenvalue weighted by Crippen LogP contribution is 2.23. The van der Waals surface area contributed by atoms with E-state index >= 15 is 0 Å². The number of carbonyl (C=O) groups excluding carboxylic acids is 1. The molecule has 0 atom stereocenters. The average molecular weight is 362 g/mol. The molecule has 0 aliphatic heterocycles. The third kappa shape index (κ3) is 3.55. The molecule has 4 rings (SSSR count). The van der Waals surface area contributed by atoms with Crippen LogP contribution in [-0.2, 0) is 0 Å². The number of carbonyl (C=O) groups is 1. The van der Waals surface area contributed by atoms with Gasteiger partial charge in [-0.1, -0.05) is 42.5 Å². The number of benzene rings is 3. The normalized spacial score (nSPS) is 10.2. The first kappa shape index (κ1) is 17.6. The van der Waals surface area contributed by atoms with Gasteiger partial charge in [-0.05, 0) is 36.4 Å². The topological polar surface area (TPSA) is 54.9 Å². The van der Waals surface area contributed by atoms with E-state index in [2.05, 4.69) is 15.3 Å². The number of nitrogens with zero attached hydrogens (tertiary/aromatic N) is 2. The molecule has 0 radical (unpaired) electrons. The number of hydrogen-bond donors (Lipinski definition) is 1. The van der Waals surface area contributed by atoms with Crippen molar-refractivity contribution >= 4 is 40.6 Å². The van der Waals surface area contributed by atoms with E-state index in [0.29, 0.717) is 11.1 Å². The quantitative estimate of drug-likeness (QED) is 0.518. The predicted octanol–water partition coefficient (Wildman–Crippen LogP) is 5.03. The van der Waals surface area contributed by atoms with E-state index in [-0.39, 0.29) is 18.2 Å². The zero-order valence-electron chi connectivity index (χ0n) is 13.8. The summed E-state index contributed by atoms with van der Waals surface area (Å²) >= 11 is 0. The standard InChI is InChI=1S/C21H15N3O.ClH/c25-20(15-6-2-1-3-7-15)16-10-12-17(13-11-16)24-21-18-8-4-5-9-19(18)22-14-23-21;/h1-14H,(H,22,23,24);1H. The minimum absolute atomic E-state index is 0. The summed E-state index contributed by atoms with van der Waals surface area (Å²) in [5.41, 5.74) is 3.10. The molecule has 1 aromatic heterocycles. The molecule has 0 bridgehead atoms. The lowest BCUT2D eigenvalue weighted by atomic mass is 10.0. The Morgan fingerprint density at radius 3 is 2.15 bits per heavy atom. The molecule has 0 aliphatic carbocycles. The van der Waals surface area contributed by atoms with Crippen molar-refractivity contribution in [2.45, 2.75) is 0 Å². The second-order valence-electron chi connectivity index (χ2n) is 5.64. The van der Waals surface area contributed by atoms with Crippen molar-refractivity contribution < 1.29 is 4.79 Å². The molecule has 0 saturated carbocycles. The Labute approximate surface area is 157 Å². The highest BCUT2D eigenvalue weighted by molar-refractivity contribution is 6.09. The van der Waals surface area contributed by atoms with Gasteiger partial charge in [-0.15, -0.1) is 12.4 Å². The fourth-order valence-corrected chi connectivity index (χ4v) is 2.70. The Bertz CT molecular complexity index is 1030. The maximum Gasteiger partial charge on any atom is 0.193 e. The number of halogens is 1. The fraction of sp³-hybridized carbons (Fsp3) is 0. The van der Waals surface area contributed by atoms with Crippen LogP contribution in [0.3, 0.4) is 0 Å². The number of aromatic nitrogens is 2. The van der Waals surface area contributed by atoms with Gasteiger partial charge in [-0.25, -0.2) is 9.97 Å². The summed E-state index contributed by atoms with van der Waals surface area (Å²) in [7, 11) is 0. The Morgan fingerprint density at radius 2 is 1.38 bits per heavy atom. The lowest BCUT2D eigenvalue weighted by molar-refractivity contribution is 0.103. The van der Waals surface area contributed by atoms with Crippen molar-refractivity contribution in [3.63, 3.8) is 0 Å². The van der Waals surface area contributed by atoms with Crippen LogP contribution >= 0.6 is 12.4 Å². The van der Waals surface area contributed by atoms with Gasteiger partial charge in [-0.3, -0.25) is 4.79 Å². The summed E-state index contributed by atoms with van der Waals surface area (Å²) in [6.45, 7) is 0. The van der Waals surface area contributed by atoms with Gasteiger partial charge in [-0.2, -0.15) is 0 Å². The van der Waals surface area contributed by atoms with Crippen LogP contribution < -0.4 is 5.32 Å². The van der Waals surface area contributed by atoms with Crippen LogP contribution in [0.5, 0.6) is 0 Å². The number of hydrogen-bond acceptors (Lipinski definition) is 4. The van der Waals surface area contributed by atoms with E-state index in [1.165, 1.54) is 6.33 Å². The molecule has 0 aliphatic rings. The zero-order valence-corrected chi connectivity index (χ0v) is 14.6. The summed E-state index contributed by atoms with van der Waals surface area (Å²) < 4.78 is 0. The van der Waals surface area contributed by atoms with Crippen LogP contribution in [0, 0.1) is 0 Å². The van der Waals surface area contributed by atoms with Gasteiger partial charge in [0.2, 0.25) is 0 Å².